The molecule has 0 aromatic carbocycles. The van der Waals surface area contributed by atoms with Gasteiger partial charge in [-0.05, 0) is 43.6 Å². The van der Waals surface area contributed by atoms with Crippen LogP contribution in [-0.4, -0.2) is 63.4 Å². The Morgan fingerprint density at radius 2 is 1.31 bits per heavy atom. The van der Waals surface area contributed by atoms with Crippen molar-refractivity contribution in [3.05, 3.63) is 0 Å². The van der Waals surface area contributed by atoms with Gasteiger partial charge in [-0.3, -0.25) is 4.79 Å². The lowest BCUT2D eigenvalue weighted by Gasteiger charge is -2.39. The van der Waals surface area contributed by atoms with Crippen LogP contribution < -0.4 is 21.3 Å². The number of carboxylic acid groups (broad SMARTS) is 1. The van der Waals surface area contributed by atoms with Gasteiger partial charge >= 0.3 is 5.97 Å². The summed E-state index contributed by atoms with van der Waals surface area (Å²) in [4.78, 5) is 10.4. The summed E-state index contributed by atoms with van der Waals surface area (Å²) in [5.74, 6) is 2.25. The summed E-state index contributed by atoms with van der Waals surface area (Å²) in [5.41, 5.74) is 0. The largest absolute Gasteiger partial charge is 0.481 e. The first-order chi connectivity index (χ1) is 12.8. The predicted molar refractivity (Wildman–Crippen MR) is 107 cm³/mol. The highest BCUT2D eigenvalue weighted by Crippen LogP contribution is 2.42. The summed E-state index contributed by atoms with van der Waals surface area (Å²) in [5, 5.41) is 22.1. The van der Waals surface area contributed by atoms with Gasteiger partial charge in [0.15, 0.2) is 0 Å². The van der Waals surface area contributed by atoms with E-state index in [1.54, 1.807) is 0 Å². The zero-order valence-corrected chi connectivity index (χ0v) is 16.4. The minimum atomic E-state index is -0.745. The number of rotatable bonds is 14. The van der Waals surface area contributed by atoms with E-state index in [-0.39, 0.29) is 6.42 Å². The van der Waals surface area contributed by atoms with Gasteiger partial charge in [-0.15, -0.1) is 0 Å². The maximum atomic E-state index is 10.4. The van der Waals surface area contributed by atoms with Gasteiger partial charge in [0.2, 0.25) is 0 Å². The lowest BCUT2D eigenvalue weighted by molar-refractivity contribution is -0.136. The molecular formula is C20H40N4O2. The third kappa shape index (κ3) is 9.31. The molecule has 152 valence electrons. The van der Waals surface area contributed by atoms with E-state index in [0.29, 0.717) is 6.54 Å². The fourth-order valence-corrected chi connectivity index (χ4v) is 4.56. The second-order valence-electron chi connectivity index (χ2n) is 8.08. The maximum Gasteiger partial charge on any atom is 0.304 e. The molecule has 6 nitrogen and oxygen atoms in total. The van der Waals surface area contributed by atoms with Crippen molar-refractivity contribution >= 4 is 5.97 Å². The van der Waals surface area contributed by atoms with Crippen molar-refractivity contribution in [2.45, 2.75) is 51.4 Å². The fraction of sp³-hybridized carbons (Fsp3) is 0.950. The molecule has 6 heteroatoms. The van der Waals surface area contributed by atoms with Crippen LogP contribution >= 0.6 is 0 Å². The molecule has 26 heavy (non-hydrogen) atoms. The number of aliphatic carboxylic acids is 1. The van der Waals surface area contributed by atoms with E-state index in [0.717, 1.165) is 57.0 Å². The number of carbonyl (C=O) groups is 1. The van der Waals surface area contributed by atoms with Crippen LogP contribution in [0, 0.1) is 17.8 Å². The lowest BCUT2D eigenvalue weighted by atomic mass is 9.67. The molecule has 0 bridgehead atoms. The van der Waals surface area contributed by atoms with Gasteiger partial charge in [-0.25, -0.2) is 0 Å². The summed E-state index contributed by atoms with van der Waals surface area (Å²) in [6, 6.07) is 0. The Kier molecular flexibility index (Phi) is 11.2. The molecule has 5 N–H and O–H groups in total. The van der Waals surface area contributed by atoms with Crippen molar-refractivity contribution in [3.63, 3.8) is 0 Å². The van der Waals surface area contributed by atoms with E-state index in [2.05, 4.69) is 21.3 Å². The van der Waals surface area contributed by atoms with Crippen LogP contribution in [0.2, 0.25) is 0 Å². The topological polar surface area (TPSA) is 85.4 Å². The Balaban J connectivity index is 1.32. The molecule has 2 rings (SSSR count). The minimum absolute atomic E-state index is 0.191. The fourth-order valence-electron chi connectivity index (χ4n) is 4.56. The molecule has 0 aromatic heterocycles. The first-order valence-corrected chi connectivity index (χ1v) is 10.8. The number of nitrogens with one attached hydrogen (secondary N) is 4. The molecule has 0 heterocycles. The van der Waals surface area contributed by atoms with Crippen molar-refractivity contribution in [3.8, 4) is 0 Å². The zero-order chi connectivity index (χ0) is 18.5. The molecular weight excluding hydrogens is 328 g/mol. The van der Waals surface area contributed by atoms with Crippen LogP contribution in [0.15, 0.2) is 0 Å². The second kappa shape index (κ2) is 13.5. The third-order valence-corrected chi connectivity index (χ3v) is 6.03. The SMILES string of the molecule is O=C(O)CCNCCNCCNCCNCC1CCC2CCCCC2C1. The van der Waals surface area contributed by atoms with Crippen molar-refractivity contribution < 1.29 is 9.90 Å². The highest BCUT2D eigenvalue weighted by molar-refractivity contribution is 5.66. The molecule has 2 saturated carbocycles. The Bertz CT molecular complexity index is 381. The number of carboxylic acids is 1. The molecule has 0 radical (unpaired) electrons. The molecule has 3 unspecified atom stereocenters. The van der Waals surface area contributed by atoms with E-state index < -0.39 is 5.97 Å². The lowest BCUT2D eigenvalue weighted by Crippen LogP contribution is -2.37. The first-order valence-electron chi connectivity index (χ1n) is 10.8. The van der Waals surface area contributed by atoms with Crippen LogP contribution in [0.25, 0.3) is 0 Å². The predicted octanol–water partition coefficient (Wildman–Crippen LogP) is 1.43. The van der Waals surface area contributed by atoms with E-state index in [4.69, 9.17) is 5.11 Å². The quantitative estimate of drug-likeness (QED) is 0.298. The molecule has 3 atom stereocenters. The third-order valence-electron chi connectivity index (χ3n) is 6.03. The monoisotopic (exact) mass is 368 g/mol. The van der Waals surface area contributed by atoms with Crippen molar-refractivity contribution in [1.29, 1.82) is 0 Å². The Morgan fingerprint density at radius 3 is 1.96 bits per heavy atom. The summed E-state index contributed by atoms with van der Waals surface area (Å²) in [6.07, 6.45) is 10.5. The first kappa shape index (κ1) is 21.6. The van der Waals surface area contributed by atoms with Gasteiger partial charge < -0.3 is 26.4 Å². The van der Waals surface area contributed by atoms with Gasteiger partial charge in [0, 0.05) is 45.8 Å². The van der Waals surface area contributed by atoms with Gasteiger partial charge in [0.1, 0.15) is 0 Å². The Hall–Kier alpha value is -0.690. The molecule has 0 saturated heterocycles. The normalized spacial score (nSPS) is 25.8. The van der Waals surface area contributed by atoms with Gasteiger partial charge in [-0.1, -0.05) is 25.7 Å². The van der Waals surface area contributed by atoms with Crippen molar-refractivity contribution in [2.24, 2.45) is 17.8 Å². The minimum Gasteiger partial charge on any atom is -0.481 e. The molecule has 2 aliphatic carbocycles. The van der Waals surface area contributed by atoms with Crippen LogP contribution in [0.3, 0.4) is 0 Å². The summed E-state index contributed by atoms with van der Waals surface area (Å²) in [6.45, 7) is 7.45. The maximum absolute atomic E-state index is 10.4. The molecule has 0 aliphatic heterocycles. The number of hydrogen-bond donors (Lipinski definition) is 5. The average Bonchev–Trinajstić information content (AvgIpc) is 2.65. The van der Waals surface area contributed by atoms with E-state index >= 15 is 0 Å². The summed E-state index contributed by atoms with van der Waals surface area (Å²) < 4.78 is 0. The Labute approximate surface area is 159 Å². The van der Waals surface area contributed by atoms with Crippen LogP contribution in [0.1, 0.15) is 51.4 Å². The van der Waals surface area contributed by atoms with E-state index in [9.17, 15) is 4.79 Å². The highest BCUT2D eigenvalue weighted by atomic mass is 16.4. The van der Waals surface area contributed by atoms with E-state index in [1.807, 2.05) is 0 Å². The second-order valence-corrected chi connectivity index (χ2v) is 8.08. The average molecular weight is 369 g/mol. The van der Waals surface area contributed by atoms with Gasteiger partial charge in [0.25, 0.3) is 0 Å². The van der Waals surface area contributed by atoms with Crippen LogP contribution in [-0.2, 0) is 4.79 Å². The van der Waals surface area contributed by atoms with Crippen molar-refractivity contribution in [1.82, 2.24) is 21.3 Å². The van der Waals surface area contributed by atoms with Crippen molar-refractivity contribution in [2.75, 3.05) is 52.4 Å². The molecule has 2 fully saturated rings. The Morgan fingerprint density at radius 1 is 0.731 bits per heavy atom. The number of hydrogen-bond acceptors (Lipinski definition) is 5. The molecule has 0 spiro atoms. The molecule has 2 aliphatic rings. The van der Waals surface area contributed by atoms with Gasteiger partial charge in [0.05, 0.1) is 6.42 Å². The van der Waals surface area contributed by atoms with Gasteiger partial charge in [-0.2, -0.15) is 0 Å². The summed E-state index contributed by atoms with van der Waals surface area (Å²) >= 11 is 0. The smallest absolute Gasteiger partial charge is 0.304 e. The van der Waals surface area contributed by atoms with E-state index in [1.165, 1.54) is 51.5 Å². The number of fused-ring (bicyclic) bond motifs is 1. The standard InChI is InChI=1S/C20H40N4O2/c25-20(26)7-8-21-9-10-22-11-12-23-13-14-24-16-17-5-6-18-3-1-2-4-19(18)15-17/h17-19,21-24H,1-16H2,(H,25,26). The summed E-state index contributed by atoms with van der Waals surface area (Å²) in [7, 11) is 0. The molecule has 0 amide bonds. The molecule has 0 aromatic rings. The van der Waals surface area contributed by atoms with Crippen LogP contribution in [0.4, 0.5) is 0 Å². The zero-order valence-electron chi connectivity index (χ0n) is 16.4. The highest BCUT2D eigenvalue weighted by Gasteiger charge is 2.31. The van der Waals surface area contributed by atoms with Crippen LogP contribution in [0.5, 0.6) is 0 Å².